The van der Waals surface area contributed by atoms with E-state index in [9.17, 15) is 8.42 Å². The van der Waals surface area contributed by atoms with Crippen LogP contribution in [0.4, 0.5) is 0 Å². The predicted molar refractivity (Wildman–Crippen MR) is 81.8 cm³/mol. The summed E-state index contributed by atoms with van der Waals surface area (Å²) in [6.07, 6.45) is 0.0690. The zero-order valence-corrected chi connectivity index (χ0v) is 13.8. The number of nitrogens with two attached hydrogens (primary N) is 1. The van der Waals surface area contributed by atoms with Crippen molar-refractivity contribution in [1.82, 2.24) is 4.31 Å². The molecule has 0 saturated heterocycles. The second-order valence-corrected chi connectivity index (χ2v) is 6.95. The molecular formula is C14H24N2O4S. The van der Waals surface area contributed by atoms with Gasteiger partial charge in [0.2, 0.25) is 10.0 Å². The van der Waals surface area contributed by atoms with E-state index in [-0.39, 0.29) is 17.5 Å². The molecule has 0 aliphatic heterocycles. The van der Waals surface area contributed by atoms with E-state index in [0.29, 0.717) is 18.9 Å². The molecule has 0 aliphatic carbocycles. The first kappa shape index (κ1) is 17.9. The third kappa shape index (κ3) is 4.67. The van der Waals surface area contributed by atoms with Crippen LogP contribution < -0.4 is 10.5 Å². The standard InChI is InChI=1S/C14H24N2O4S/c1-11(2)20-8-7-16(3)21(17,18)14-6-5-12(10-15)9-13(14)19-4/h5-6,9,11H,7-8,10,15H2,1-4H3. The van der Waals surface area contributed by atoms with E-state index in [1.807, 2.05) is 13.8 Å². The van der Waals surface area contributed by atoms with Gasteiger partial charge in [-0.1, -0.05) is 6.07 Å². The largest absolute Gasteiger partial charge is 0.495 e. The van der Waals surface area contributed by atoms with Crippen molar-refractivity contribution in [2.45, 2.75) is 31.4 Å². The van der Waals surface area contributed by atoms with Gasteiger partial charge in [-0.15, -0.1) is 0 Å². The number of methoxy groups -OCH3 is 1. The predicted octanol–water partition coefficient (Wildman–Crippen LogP) is 1.20. The fraction of sp³-hybridized carbons (Fsp3) is 0.571. The van der Waals surface area contributed by atoms with Crippen LogP contribution >= 0.6 is 0 Å². The maximum absolute atomic E-state index is 12.5. The van der Waals surface area contributed by atoms with Crippen molar-refractivity contribution in [2.24, 2.45) is 5.73 Å². The molecule has 0 heterocycles. The van der Waals surface area contributed by atoms with Crippen molar-refractivity contribution >= 4 is 10.0 Å². The summed E-state index contributed by atoms with van der Waals surface area (Å²) in [6.45, 7) is 4.76. The molecule has 0 saturated carbocycles. The molecule has 120 valence electrons. The molecule has 0 aromatic heterocycles. The van der Waals surface area contributed by atoms with Crippen LogP contribution in [0.2, 0.25) is 0 Å². The molecule has 1 rings (SSSR count). The Kier molecular flexibility index (Phi) is 6.60. The van der Waals surface area contributed by atoms with E-state index in [0.717, 1.165) is 5.56 Å². The van der Waals surface area contributed by atoms with Crippen molar-refractivity contribution in [3.63, 3.8) is 0 Å². The van der Waals surface area contributed by atoms with Gasteiger partial charge in [-0.05, 0) is 31.5 Å². The van der Waals surface area contributed by atoms with Gasteiger partial charge in [0.15, 0.2) is 0 Å². The second kappa shape index (κ2) is 7.74. The highest BCUT2D eigenvalue weighted by molar-refractivity contribution is 7.89. The quantitative estimate of drug-likeness (QED) is 0.779. The van der Waals surface area contributed by atoms with Crippen molar-refractivity contribution in [3.8, 4) is 5.75 Å². The number of benzene rings is 1. The van der Waals surface area contributed by atoms with Crippen LogP contribution in [-0.4, -0.2) is 46.1 Å². The Morgan fingerprint density at radius 3 is 2.52 bits per heavy atom. The molecule has 0 fully saturated rings. The minimum Gasteiger partial charge on any atom is -0.495 e. The highest BCUT2D eigenvalue weighted by Crippen LogP contribution is 2.27. The molecule has 1 aromatic carbocycles. The smallest absolute Gasteiger partial charge is 0.246 e. The van der Waals surface area contributed by atoms with Gasteiger partial charge in [0.1, 0.15) is 10.6 Å². The van der Waals surface area contributed by atoms with Gasteiger partial charge in [-0.3, -0.25) is 0 Å². The van der Waals surface area contributed by atoms with Crippen LogP contribution in [0, 0.1) is 0 Å². The molecule has 0 aliphatic rings. The summed E-state index contributed by atoms with van der Waals surface area (Å²) in [4.78, 5) is 0.134. The number of ether oxygens (including phenoxy) is 2. The maximum atomic E-state index is 12.5. The molecule has 21 heavy (non-hydrogen) atoms. The van der Waals surface area contributed by atoms with Crippen molar-refractivity contribution < 1.29 is 17.9 Å². The number of likely N-dealkylation sites (N-methyl/N-ethyl adjacent to an activating group) is 1. The molecule has 0 spiro atoms. The maximum Gasteiger partial charge on any atom is 0.246 e. The first-order valence-corrected chi connectivity index (χ1v) is 8.21. The Bertz CT molecular complexity index is 558. The van der Waals surface area contributed by atoms with Gasteiger partial charge < -0.3 is 15.2 Å². The van der Waals surface area contributed by atoms with Gasteiger partial charge in [0.25, 0.3) is 0 Å². The molecular weight excluding hydrogens is 292 g/mol. The normalized spacial score (nSPS) is 12.1. The third-order valence-electron chi connectivity index (χ3n) is 3.01. The molecule has 0 atom stereocenters. The van der Waals surface area contributed by atoms with Gasteiger partial charge in [0.05, 0.1) is 19.8 Å². The lowest BCUT2D eigenvalue weighted by Crippen LogP contribution is -2.31. The Morgan fingerprint density at radius 1 is 1.33 bits per heavy atom. The summed E-state index contributed by atoms with van der Waals surface area (Å²) < 4.78 is 36.9. The summed E-state index contributed by atoms with van der Waals surface area (Å²) in [6, 6.07) is 4.86. The van der Waals surface area contributed by atoms with E-state index in [4.69, 9.17) is 15.2 Å². The topological polar surface area (TPSA) is 81.9 Å². The highest BCUT2D eigenvalue weighted by Gasteiger charge is 2.24. The van der Waals surface area contributed by atoms with E-state index in [1.54, 1.807) is 12.1 Å². The SMILES string of the molecule is COc1cc(CN)ccc1S(=O)(=O)N(C)CCOC(C)C. The molecule has 2 N–H and O–H groups in total. The van der Waals surface area contributed by atoms with Crippen molar-refractivity contribution in [3.05, 3.63) is 23.8 Å². The lowest BCUT2D eigenvalue weighted by atomic mass is 10.2. The van der Waals surface area contributed by atoms with E-state index in [1.165, 1.54) is 24.5 Å². The second-order valence-electron chi connectivity index (χ2n) is 4.94. The van der Waals surface area contributed by atoms with Gasteiger partial charge in [0, 0.05) is 20.1 Å². The average Bonchev–Trinajstić information content (AvgIpc) is 2.45. The fourth-order valence-electron chi connectivity index (χ4n) is 1.76. The zero-order chi connectivity index (χ0) is 16.0. The summed E-state index contributed by atoms with van der Waals surface area (Å²) >= 11 is 0. The molecule has 0 amide bonds. The van der Waals surface area contributed by atoms with Crippen LogP contribution in [0.5, 0.6) is 5.75 Å². The minimum absolute atomic E-state index is 0.0690. The summed E-state index contributed by atoms with van der Waals surface area (Å²) in [7, 11) is -0.653. The summed E-state index contributed by atoms with van der Waals surface area (Å²) in [5, 5.41) is 0. The van der Waals surface area contributed by atoms with E-state index >= 15 is 0 Å². The van der Waals surface area contributed by atoms with E-state index < -0.39 is 10.0 Å². The van der Waals surface area contributed by atoms with Gasteiger partial charge in [-0.2, -0.15) is 4.31 Å². The van der Waals surface area contributed by atoms with E-state index in [2.05, 4.69) is 0 Å². The zero-order valence-electron chi connectivity index (χ0n) is 13.0. The van der Waals surface area contributed by atoms with Crippen LogP contribution in [-0.2, 0) is 21.3 Å². The Balaban J connectivity index is 2.96. The molecule has 1 aromatic rings. The number of hydrogen-bond acceptors (Lipinski definition) is 5. The molecule has 0 bridgehead atoms. The molecule has 0 radical (unpaired) electrons. The van der Waals surface area contributed by atoms with Gasteiger partial charge in [-0.25, -0.2) is 8.42 Å². The number of sulfonamides is 1. The number of nitrogens with zero attached hydrogens (tertiary/aromatic N) is 1. The minimum atomic E-state index is -3.62. The Morgan fingerprint density at radius 2 is 2.00 bits per heavy atom. The van der Waals surface area contributed by atoms with Gasteiger partial charge >= 0.3 is 0 Å². The Labute approximate surface area is 126 Å². The first-order chi connectivity index (χ1) is 9.82. The lowest BCUT2D eigenvalue weighted by molar-refractivity contribution is 0.0737. The number of rotatable bonds is 8. The highest BCUT2D eigenvalue weighted by atomic mass is 32.2. The Hall–Kier alpha value is -1.15. The molecule has 6 nitrogen and oxygen atoms in total. The van der Waals surface area contributed by atoms with Crippen LogP contribution in [0.1, 0.15) is 19.4 Å². The third-order valence-corrected chi connectivity index (χ3v) is 4.91. The summed E-state index contributed by atoms with van der Waals surface area (Å²) in [5.74, 6) is 0.301. The fourth-order valence-corrected chi connectivity index (χ4v) is 3.04. The van der Waals surface area contributed by atoms with Crippen molar-refractivity contribution in [2.75, 3.05) is 27.3 Å². The molecule has 0 unspecified atom stereocenters. The van der Waals surface area contributed by atoms with Crippen LogP contribution in [0.3, 0.4) is 0 Å². The molecule has 7 heteroatoms. The van der Waals surface area contributed by atoms with Crippen LogP contribution in [0.15, 0.2) is 23.1 Å². The average molecular weight is 316 g/mol. The van der Waals surface area contributed by atoms with Crippen LogP contribution in [0.25, 0.3) is 0 Å². The monoisotopic (exact) mass is 316 g/mol. The number of hydrogen-bond donors (Lipinski definition) is 1. The summed E-state index contributed by atoms with van der Waals surface area (Å²) in [5.41, 5.74) is 6.37. The first-order valence-electron chi connectivity index (χ1n) is 6.77. The lowest BCUT2D eigenvalue weighted by Gasteiger charge is -2.19. The van der Waals surface area contributed by atoms with Crippen molar-refractivity contribution in [1.29, 1.82) is 0 Å².